The first-order chi connectivity index (χ1) is 11.6. The predicted molar refractivity (Wildman–Crippen MR) is 97.2 cm³/mol. The van der Waals surface area contributed by atoms with Gasteiger partial charge in [-0.1, -0.05) is 46.3 Å². The Balaban J connectivity index is 2.06. The lowest BCUT2D eigenvalue weighted by atomic mass is 10.0. The summed E-state index contributed by atoms with van der Waals surface area (Å²) in [5, 5.41) is 4.31. The third-order valence-corrected chi connectivity index (χ3v) is 4.09. The molecule has 0 aliphatic rings. The summed E-state index contributed by atoms with van der Waals surface area (Å²) in [5.41, 5.74) is 0.524. The number of amides is 1. The highest BCUT2D eigenvalue weighted by atomic mass is 79.9. The van der Waals surface area contributed by atoms with Gasteiger partial charge in [-0.15, -0.1) is 0 Å². The molecule has 0 aliphatic heterocycles. The zero-order chi connectivity index (χ0) is 17.1. The van der Waals surface area contributed by atoms with Gasteiger partial charge in [-0.3, -0.25) is 4.79 Å². The molecule has 0 radical (unpaired) electrons. The van der Waals surface area contributed by atoms with Gasteiger partial charge in [-0.25, -0.2) is 4.39 Å². The number of ether oxygens (including phenoxy) is 1. The summed E-state index contributed by atoms with van der Waals surface area (Å²) in [4.78, 5) is 12.8. The summed E-state index contributed by atoms with van der Waals surface area (Å²) in [6.45, 7) is 2.29. The van der Waals surface area contributed by atoms with Crippen LogP contribution in [-0.4, -0.2) is 12.5 Å². The molecule has 0 aliphatic carbocycles. The zero-order valence-electron chi connectivity index (χ0n) is 13.0. The second kappa shape index (κ2) is 7.01. The first kappa shape index (κ1) is 16.5. The molecule has 0 saturated heterocycles. The van der Waals surface area contributed by atoms with Crippen molar-refractivity contribution in [2.75, 3.05) is 11.9 Å². The van der Waals surface area contributed by atoms with E-state index in [0.717, 1.165) is 10.8 Å². The number of rotatable bonds is 4. The standard InChI is InChI=1S/C19H15BrFNO2/c1-2-24-17-10-7-12-5-3-4-6-14(12)18(17)19(23)22-16-9-8-13(20)11-15(16)21/h3-11H,2H2,1H3,(H,22,23). The number of anilines is 1. The summed E-state index contributed by atoms with van der Waals surface area (Å²) in [5.74, 6) is -0.432. The summed E-state index contributed by atoms with van der Waals surface area (Å²) < 4.78 is 20.2. The van der Waals surface area contributed by atoms with Crippen molar-refractivity contribution in [3.8, 4) is 5.75 Å². The van der Waals surface area contributed by atoms with E-state index in [0.29, 0.717) is 22.4 Å². The van der Waals surface area contributed by atoms with Crippen molar-refractivity contribution in [2.24, 2.45) is 0 Å². The molecule has 0 spiro atoms. The number of nitrogens with one attached hydrogen (secondary N) is 1. The van der Waals surface area contributed by atoms with Crippen molar-refractivity contribution in [1.29, 1.82) is 0 Å². The first-order valence-electron chi connectivity index (χ1n) is 7.51. The highest BCUT2D eigenvalue weighted by molar-refractivity contribution is 9.10. The average Bonchev–Trinajstić information content (AvgIpc) is 2.57. The Hall–Kier alpha value is -2.40. The summed E-state index contributed by atoms with van der Waals surface area (Å²) in [6.07, 6.45) is 0. The first-order valence-corrected chi connectivity index (χ1v) is 8.30. The molecule has 5 heteroatoms. The molecule has 122 valence electrons. The van der Waals surface area contributed by atoms with Gasteiger partial charge in [0.1, 0.15) is 11.6 Å². The molecule has 3 rings (SSSR count). The third kappa shape index (κ3) is 3.26. The smallest absolute Gasteiger partial charge is 0.260 e. The van der Waals surface area contributed by atoms with Gasteiger partial charge in [0.25, 0.3) is 5.91 Å². The highest BCUT2D eigenvalue weighted by Gasteiger charge is 2.18. The Labute approximate surface area is 147 Å². The largest absolute Gasteiger partial charge is 0.493 e. The molecule has 1 amide bonds. The van der Waals surface area contributed by atoms with E-state index < -0.39 is 11.7 Å². The second-order valence-corrected chi connectivity index (χ2v) is 6.09. The monoisotopic (exact) mass is 387 g/mol. The maximum absolute atomic E-state index is 14.0. The molecule has 0 bridgehead atoms. The molecule has 0 heterocycles. The van der Waals surface area contributed by atoms with Crippen molar-refractivity contribution in [3.63, 3.8) is 0 Å². The Morgan fingerprint density at radius 3 is 2.71 bits per heavy atom. The number of hydrogen-bond donors (Lipinski definition) is 1. The molecule has 0 saturated carbocycles. The third-order valence-electron chi connectivity index (χ3n) is 3.60. The van der Waals surface area contributed by atoms with Gasteiger partial charge in [0.05, 0.1) is 17.9 Å². The number of carbonyl (C=O) groups excluding carboxylic acids is 1. The lowest BCUT2D eigenvalue weighted by Crippen LogP contribution is -2.15. The van der Waals surface area contributed by atoms with Crippen LogP contribution < -0.4 is 10.1 Å². The lowest BCUT2D eigenvalue weighted by Gasteiger charge is -2.14. The van der Waals surface area contributed by atoms with E-state index in [2.05, 4.69) is 21.2 Å². The van der Waals surface area contributed by atoms with Crippen LogP contribution in [0.5, 0.6) is 5.75 Å². The highest BCUT2D eigenvalue weighted by Crippen LogP contribution is 2.29. The lowest BCUT2D eigenvalue weighted by molar-refractivity contribution is 0.102. The van der Waals surface area contributed by atoms with E-state index in [1.165, 1.54) is 12.1 Å². The molecule has 0 atom stereocenters. The summed E-state index contributed by atoms with van der Waals surface area (Å²) in [6, 6.07) is 15.7. The van der Waals surface area contributed by atoms with Crippen LogP contribution in [0.25, 0.3) is 10.8 Å². The zero-order valence-corrected chi connectivity index (χ0v) is 14.6. The molecular weight excluding hydrogens is 373 g/mol. The number of halogens is 2. The van der Waals surface area contributed by atoms with Crippen molar-refractivity contribution in [2.45, 2.75) is 6.92 Å². The average molecular weight is 388 g/mol. The Morgan fingerprint density at radius 2 is 1.96 bits per heavy atom. The molecular formula is C19H15BrFNO2. The number of fused-ring (bicyclic) bond motifs is 1. The normalized spacial score (nSPS) is 10.6. The van der Waals surface area contributed by atoms with Crippen LogP contribution in [0.2, 0.25) is 0 Å². The van der Waals surface area contributed by atoms with Crippen LogP contribution >= 0.6 is 15.9 Å². The predicted octanol–water partition coefficient (Wildman–Crippen LogP) is 5.39. The van der Waals surface area contributed by atoms with Crippen molar-refractivity contribution in [3.05, 3.63) is 70.5 Å². The summed E-state index contributed by atoms with van der Waals surface area (Å²) >= 11 is 3.20. The molecule has 3 aromatic rings. The molecule has 0 aromatic heterocycles. The Kier molecular flexibility index (Phi) is 4.81. The summed E-state index contributed by atoms with van der Waals surface area (Å²) in [7, 11) is 0. The van der Waals surface area contributed by atoms with Gasteiger partial charge in [-0.2, -0.15) is 0 Å². The molecule has 24 heavy (non-hydrogen) atoms. The van der Waals surface area contributed by atoms with E-state index in [9.17, 15) is 9.18 Å². The molecule has 0 unspecified atom stereocenters. The SMILES string of the molecule is CCOc1ccc2ccccc2c1C(=O)Nc1ccc(Br)cc1F. The topological polar surface area (TPSA) is 38.3 Å². The quantitative estimate of drug-likeness (QED) is 0.651. The van der Waals surface area contributed by atoms with Crippen LogP contribution in [0.1, 0.15) is 17.3 Å². The number of benzene rings is 3. The van der Waals surface area contributed by atoms with Crippen LogP contribution in [0, 0.1) is 5.82 Å². The van der Waals surface area contributed by atoms with E-state index in [-0.39, 0.29) is 5.69 Å². The van der Waals surface area contributed by atoms with Gasteiger partial charge < -0.3 is 10.1 Å². The molecule has 1 N–H and O–H groups in total. The fourth-order valence-corrected chi connectivity index (χ4v) is 2.87. The fourth-order valence-electron chi connectivity index (χ4n) is 2.54. The minimum absolute atomic E-state index is 0.124. The number of carbonyl (C=O) groups is 1. The fraction of sp³-hybridized carbons (Fsp3) is 0.105. The molecule has 0 fully saturated rings. The van der Waals surface area contributed by atoms with Gasteiger partial charge in [-0.05, 0) is 42.0 Å². The molecule has 3 aromatic carbocycles. The minimum atomic E-state index is -0.504. The molecule has 3 nitrogen and oxygen atoms in total. The van der Waals surface area contributed by atoms with Crippen LogP contribution in [-0.2, 0) is 0 Å². The van der Waals surface area contributed by atoms with E-state index in [1.807, 2.05) is 37.3 Å². The number of hydrogen-bond acceptors (Lipinski definition) is 2. The van der Waals surface area contributed by atoms with Gasteiger partial charge in [0.2, 0.25) is 0 Å². The van der Waals surface area contributed by atoms with E-state index in [4.69, 9.17) is 4.74 Å². The van der Waals surface area contributed by atoms with E-state index >= 15 is 0 Å². The van der Waals surface area contributed by atoms with Crippen molar-refractivity contribution >= 4 is 38.3 Å². The Morgan fingerprint density at radius 1 is 1.17 bits per heavy atom. The maximum Gasteiger partial charge on any atom is 0.260 e. The maximum atomic E-state index is 14.0. The van der Waals surface area contributed by atoms with Gasteiger partial charge in [0.15, 0.2) is 0 Å². The van der Waals surface area contributed by atoms with Gasteiger partial charge in [0, 0.05) is 4.47 Å². The Bertz CT molecular complexity index is 911. The second-order valence-electron chi connectivity index (χ2n) is 5.17. The van der Waals surface area contributed by atoms with Crippen molar-refractivity contribution < 1.29 is 13.9 Å². The van der Waals surface area contributed by atoms with Crippen LogP contribution in [0.4, 0.5) is 10.1 Å². The van der Waals surface area contributed by atoms with Gasteiger partial charge >= 0.3 is 0 Å². The van der Waals surface area contributed by atoms with Crippen LogP contribution in [0.3, 0.4) is 0 Å². The van der Waals surface area contributed by atoms with Crippen molar-refractivity contribution in [1.82, 2.24) is 0 Å². The van der Waals surface area contributed by atoms with Crippen LogP contribution in [0.15, 0.2) is 59.1 Å². The van der Waals surface area contributed by atoms with E-state index in [1.54, 1.807) is 12.1 Å². The minimum Gasteiger partial charge on any atom is -0.493 e.